The molecule has 0 aromatic heterocycles. The first-order valence-corrected chi connectivity index (χ1v) is 7.12. The van der Waals surface area contributed by atoms with E-state index in [-0.39, 0.29) is 22.6 Å². The van der Waals surface area contributed by atoms with Gasteiger partial charge in [-0.1, -0.05) is 13.0 Å². The molecular formula is C17H17F3O2. The molecule has 0 heterocycles. The maximum Gasteiger partial charge on any atom is 0.201 e. The fourth-order valence-electron chi connectivity index (χ4n) is 2.02. The summed E-state index contributed by atoms with van der Waals surface area (Å²) in [5, 5.41) is 0. The molecule has 0 atom stereocenters. The standard InChI is InChI=1S/C17H17F3O2/c1-3-9-22-15-8-6-12(16(19)17(15)20)11-5-7-14(21-4-2)13(18)10-11/h5-8,10H,3-4,9H2,1-2H3. The molecule has 0 aliphatic carbocycles. The van der Waals surface area contributed by atoms with E-state index in [4.69, 9.17) is 9.47 Å². The lowest BCUT2D eigenvalue weighted by atomic mass is 10.0. The summed E-state index contributed by atoms with van der Waals surface area (Å²) >= 11 is 0. The van der Waals surface area contributed by atoms with Gasteiger partial charge in [-0.2, -0.15) is 4.39 Å². The van der Waals surface area contributed by atoms with E-state index in [1.165, 1.54) is 24.3 Å². The lowest BCUT2D eigenvalue weighted by Crippen LogP contribution is -2.01. The minimum atomic E-state index is -1.07. The van der Waals surface area contributed by atoms with E-state index in [1.807, 2.05) is 6.92 Å². The van der Waals surface area contributed by atoms with E-state index in [1.54, 1.807) is 6.92 Å². The minimum Gasteiger partial charge on any atom is -0.491 e. The third-order valence-corrected chi connectivity index (χ3v) is 3.05. The van der Waals surface area contributed by atoms with Crippen molar-refractivity contribution in [1.82, 2.24) is 0 Å². The molecule has 22 heavy (non-hydrogen) atoms. The lowest BCUT2D eigenvalue weighted by molar-refractivity contribution is 0.295. The molecule has 0 N–H and O–H groups in total. The summed E-state index contributed by atoms with van der Waals surface area (Å²) in [7, 11) is 0. The predicted octanol–water partition coefficient (Wildman–Crippen LogP) is 4.96. The third-order valence-electron chi connectivity index (χ3n) is 3.05. The highest BCUT2D eigenvalue weighted by Crippen LogP contribution is 2.32. The molecule has 0 saturated carbocycles. The van der Waals surface area contributed by atoms with Gasteiger partial charge in [0.2, 0.25) is 5.82 Å². The Morgan fingerprint density at radius 1 is 0.864 bits per heavy atom. The van der Waals surface area contributed by atoms with Crippen LogP contribution in [0.2, 0.25) is 0 Å². The van der Waals surface area contributed by atoms with Crippen LogP contribution in [0.15, 0.2) is 30.3 Å². The summed E-state index contributed by atoms with van der Waals surface area (Å²) < 4.78 is 52.1. The van der Waals surface area contributed by atoms with E-state index in [2.05, 4.69) is 0 Å². The van der Waals surface area contributed by atoms with Crippen molar-refractivity contribution < 1.29 is 22.6 Å². The van der Waals surface area contributed by atoms with Gasteiger partial charge in [-0.15, -0.1) is 0 Å². The van der Waals surface area contributed by atoms with Crippen LogP contribution in [-0.2, 0) is 0 Å². The fraction of sp³-hybridized carbons (Fsp3) is 0.294. The number of rotatable bonds is 6. The molecule has 0 amide bonds. The zero-order valence-electron chi connectivity index (χ0n) is 12.5. The molecule has 0 fully saturated rings. The molecule has 2 aromatic carbocycles. The van der Waals surface area contributed by atoms with Crippen molar-refractivity contribution in [2.45, 2.75) is 20.3 Å². The number of ether oxygens (including phenoxy) is 2. The van der Waals surface area contributed by atoms with Gasteiger partial charge in [0.1, 0.15) is 0 Å². The summed E-state index contributed by atoms with van der Waals surface area (Å²) in [6.45, 7) is 4.22. The molecule has 0 aliphatic rings. The van der Waals surface area contributed by atoms with Crippen LogP contribution in [0.25, 0.3) is 11.1 Å². The lowest BCUT2D eigenvalue weighted by Gasteiger charge is -2.11. The first-order chi connectivity index (χ1) is 10.6. The Bertz CT molecular complexity index is 657. The van der Waals surface area contributed by atoms with Crippen molar-refractivity contribution in [2.75, 3.05) is 13.2 Å². The van der Waals surface area contributed by atoms with Gasteiger partial charge in [0.05, 0.1) is 13.2 Å². The summed E-state index contributed by atoms with van der Waals surface area (Å²) in [5.74, 6) is -2.81. The van der Waals surface area contributed by atoms with Gasteiger partial charge in [-0.05, 0) is 43.2 Å². The quantitative estimate of drug-likeness (QED) is 0.751. The van der Waals surface area contributed by atoms with E-state index in [0.29, 0.717) is 19.6 Å². The van der Waals surface area contributed by atoms with Gasteiger partial charge in [-0.3, -0.25) is 0 Å². The topological polar surface area (TPSA) is 18.5 Å². The summed E-state index contributed by atoms with van der Waals surface area (Å²) in [6.07, 6.45) is 0.687. The average Bonchev–Trinajstić information content (AvgIpc) is 2.51. The van der Waals surface area contributed by atoms with Gasteiger partial charge >= 0.3 is 0 Å². The van der Waals surface area contributed by atoms with Gasteiger partial charge < -0.3 is 9.47 Å². The Labute approximate surface area is 127 Å². The van der Waals surface area contributed by atoms with Gasteiger partial charge in [0.25, 0.3) is 0 Å². The number of benzene rings is 2. The van der Waals surface area contributed by atoms with E-state index < -0.39 is 17.5 Å². The average molecular weight is 310 g/mol. The van der Waals surface area contributed by atoms with Crippen LogP contribution in [0, 0.1) is 17.5 Å². The second kappa shape index (κ2) is 7.20. The van der Waals surface area contributed by atoms with Crippen molar-refractivity contribution >= 4 is 0 Å². The highest BCUT2D eigenvalue weighted by Gasteiger charge is 2.17. The van der Waals surface area contributed by atoms with Crippen LogP contribution in [0.3, 0.4) is 0 Å². The maximum atomic E-state index is 14.1. The van der Waals surface area contributed by atoms with Crippen molar-refractivity contribution in [1.29, 1.82) is 0 Å². The molecule has 0 radical (unpaired) electrons. The molecule has 2 rings (SSSR count). The van der Waals surface area contributed by atoms with Crippen LogP contribution in [0.1, 0.15) is 20.3 Å². The van der Waals surface area contributed by atoms with Crippen molar-refractivity contribution in [2.24, 2.45) is 0 Å². The largest absolute Gasteiger partial charge is 0.491 e. The third kappa shape index (κ3) is 3.35. The molecule has 0 bridgehead atoms. The monoisotopic (exact) mass is 310 g/mol. The molecule has 118 valence electrons. The van der Waals surface area contributed by atoms with Crippen LogP contribution in [-0.4, -0.2) is 13.2 Å². The Morgan fingerprint density at radius 3 is 2.23 bits per heavy atom. The minimum absolute atomic E-state index is 0.0247. The molecule has 0 aliphatic heterocycles. The van der Waals surface area contributed by atoms with Crippen LogP contribution >= 0.6 is 0 Å². The second-order valence-corrected chi connectivity index (χ2v) is 4.67. The van der Waals surface area contributed by atoms with Crippen LogP contribution in [0.4, 0.5) is 13.2 Å². The Hall–Kier alpha value is -2.17. The van der Waals surface area contributed by atoms with Crippen molar-refractivity contribution in [3.05, 3.63) is 47.8 Å². The van der Waals surface area contributed by atoms with E-state index >= 15 is 0 Å². The molecule has 5 heteroatoms. The molecular weight excluding hydrogens is 293 g/mol. The summed E-state index contributed by atoms with van der Waals surface area (Å²) in [5.41, 5.74) is 0.211. The van der Waals surface area contributed by atoms with Crippen molar-refractivity contribution in [3.63, 3.8) is 0 Å². The number of hydrogen-bond donors (Lipinski definition) is 0. The highest BCUT2D eigenvalue weighted by atomic mass is 19.2. The Balaban J connectivity index is 2.37. The van der Waals surface area contributed by atoms with Crippen LogP contribution < -0.4 is 9.47 Å². The summed E-state index contributed by atoms with van der Waals surface area (Å²) in [4.78, 5) is 0. The van der Waals surface area contributed by atoms with Gasteiger partial charge in [0, 0.05) is 5.56 Å². The van der Waals surface area contributed by atoms with Gasteiger partial charge in [0.15, 0.2) is 23.1 Å². The Kier molecular flexibility index (Phi) is 5.31. The first-order valence-electron chi connectivity index (χ1n) is 7.12. The SMILES string of the molecule is CCCOc1ccc(-c2ccc(OCC)c(F)c2)c(F)c1F. The molecule has 0 unspecified atom stereocenters. The zero-order chi connectivity index (χ0) is 16.1. The summed E-state index contributed by atoms with van der Waals surface area (Å²) in [6, 6.07) is 6.72. The predicted molar refractivity (Wildman–Crippen MR) is 78.7 cm³/mol. The molecule has 2 aromatic rings. The first kappa shape index (κ1) is 16.2. The zero-order valence-corrected chi connectivity index (χ0v) is 12.5. The Morgan fingerprint density at radius 2 is 1.59 bits per heavy atom. The number of hydrogen-bond acceptors (Lipinski definition) is 2. The second-order valence-electron chi connectivity index (χ2n) is 4.67. The van der Waals surface area contributed by atoms with Gasteiger partial charge in [-0.25, -0.2) is 8.78 Å². The highest BCUT2D eigenvalue weighted by molar-refractivity contribution is 5.66. The van der Waals surface area contributed by atoms with Crippen molar-refractivity contribution in [3.8, 4) is 22.6 Å². The molecule has 0 spiro atoms. The molecule has 2 nitrogen and oxygen atoms in total. The number of halogens is 3. The van der Waals surface area contributed by atoms with E-state index in [9.17, 15) is 13.2 Å². The normalized spacial score (nSPS) is 10.6. The fourth-order valence-corrected chi connectivity index (χ4v) is 2.02. The maximum absolute atomic E-state index is 14.1. The smallest absolute Gasteiger partial charge is 0.201 e. The van der Waals surface area contributed by atoms with Crippen LogP contribution in [0.5, 0.6) is 11.5 Å². The molecule has 0 saturated heterocycles. The van der Waals surface area contributed by atoms with E-state index in [0.717, 1.165) is 6.07 Å².